The number of ether oxygens (including phenoxy) is 1. The molecule has 1 heterocycles. The third-order valence-electron chi connectivity index (χ3n) is 2.49. The van der Waals surface area contributed by atoms with E-state index in [2.05, 4.69) is 17.5 Å². The Morgan fingerprint density at radius 3 is 2.71 bits per heavy atom. The van der Waals surface area contributed by atoms with Crippen LogP contribution in [0.4, 0.5) is 0 Å². The molecule has 0 aromatic carbocycles. The van der Waals surface area contributed by atoms with E-state index < -0.39 is 0 Å². The summed E-state index contributed by atoms with van der Waals surface area (Å²) in [4.78, 5) is 0. The highest BCUT2D eigenvalue weighted by Gasteiger charge is 2.27. The first kappa shape index (κ1) is 9.13. The van der Waals surface area contributed by atoms with Crippen LogP contribution < -0.4 is 5.32 Å². The van der Waals surface area contributed by atoms with E-state index >= 15 is 0 Å². The molecular formula is C12H15NO. The van der Waals surface area contributed by atoms with Crippen LogP contribution in [0.25, 0.3) is 0 Å². The molecule has 0 aromatic heterocycles. The van der Waals surface area contributed by atoms with E-state index in [4.69, 9.17) is 4.74 Å². The molecule has 0 aromatic rings. The van der Waals surface area contributed by atoms with Crippen molar-refractivity contribution in [2.24, 2.45) is 0 Å². The van der Waals surface area contributed by atoms with Crippen molar-refractivity contribution in [1.29, 1.82) is 0 Å². The van der Waals surface area contributed by atoms with Gasteiger partial charge in [0.05, 0.1) is 11.7 Å². The highest BCUT2D eigenvalue weighted by atomic mass is 16.5. The summed E-state index contributed by atoms with van der Waals surface area (Å²) in [5, 5.41) is 3.44. The lowest BCUT2D eigenvalue weighted by Crippen LogP contribution is -2.44. The zero-order valence-electron chi connectivity index (χ0n) is 8.53. The molecule has 1 aliphatic carbocycles. The summed E-state index contributed by atoms with van der Waals surface area (Å²) in [6.45, 7) is 4.00. The monoisotopic (exact) mass is 189 g/mol. The van der Waals surface area contributed by atoms with Gasteiger partial charge in [-0.1, -0.05) is 24.3 Å². The van der Waals surface area contributed by atoms with Crippen LogP contribution in [-0.4, -0.2) is 12.1 Å². The maximum Gasteiger partial charge on any atom is 0.141 e. The van der Waals surface area contributed by atoms with Gasteiger partial charge in [0.2, 0.25) is 0 Å². The average molecular weight is 189 g/mol. The van der Waals surface area contributed by atoms with Gasteiger partial charge in [0, 0.05) is 0 Å². The lowest BCUT2D eigenvalue weighted by molar-refractivity contribution is 0.113. The number of morpholine rings is 1. The van der Waals surface area contributed by atoms with Gasteiger partial charge < -0.3 is 10.1 Å². The normalized spacial score (nSPS) is 35.3. The first-order valence-corrected chi connectivity index (χ1v) is 4.96. The van der Waals surface area contributed by atoms with Gasteiger partial charge in [-0.25, -0.2) is 0 Å². The second-order valence-corrected chi connectivity index (χ2v) is 3.38. The highest BCUT2D eigenvalue weighted by molar-refractivity contribution is 5.32. The van der Waals surface area contributed by atoms with Crippen molar-refractivity contribution in [3.8, 4) is 0 Å². The Kier molecular flexibility index (Phi) is 2.44. The summed E-state index contributed by atoms with van der Waals surface area (Å²) in [6, 6.07) is 0.273. The van der Waals surface area contributed by atoms with Gasteiger partial charge in [0.25, 0.3) is 0 Å². The quantitative estimate of drug-likeness (QED) is 0.631. The zero-order chi connectivity index (χ0) is 9.97. The second-order valence-electron chi connectivity index (χ2n) is 3.38. The largest absolute Gasteiger partial charge is 0.482 e. The number of rotatable bonds is 0. The Labute approximate surface area is 84.6 Å². The highest BCUT2D eigenvalue weighted by Crippen LogP contribution is 2.23. The predicted molar refractivity (Wildman–Crippen MR) is 57.6 cm³/mol. The van der Waals surface area contributed by atoms with Gasteiger partial charge in [0.1, 0.15) is 11.9 Å². The smallest absolute Gasteiger partial charge is 0.141 e. The molecule has 14 heavy (non-hydrogen) atoms. The molecule has 2 atom stereocenters. The van der Waals surface area contributed by atoms with Crippen molar-refractivity contribution < 1.29 is 4.74 Å². The molecule has 1 saturated heterocycles. The number of hydrogen-bond donors (Lipinski definition) is 1. The minimum absolute atomic E-state index is 0.134. The van der Waals surface area contributed by atoms with Crippen LogP contribution in [0, 0.1) is 0 Å². The van der Waals surface area contributed by atoms with E-state index in [1.807, 2.05) is 38.2 Å². The fourth-order valence-electron chi connectivity index (χ4n) is 1.74. The third-order valence-corrected chi connectivity index (χ3v) is 2.49. The van der Waals surface area contributed by atoms with Crippen molar-refractivity contribution in [2.75, 3.05) is 0 Å². The molecule has 74 valence electrons. The molecule has 0 saturated carbocycles. The van der Waals surface area contributed by atoms with E-state index in [0.29, 0.717) is 0 Å². The fraction of sp³-hybridized carbons (Fsp3) is 0.333. The summed E-state index contributed by atoms with van der Waals surface area (Å²) in [6.07, 6.45) is 12.4. The minimum atomic E-state index is 0.134. The van der Waals surface area contributed by atoms with E-state index in [1.54, 1.807) is 0 Å². The molecule has 2 aliphatic rings. The molecule has 2 rings (SSSR count). The Morgan fingerprint density at radius 1 is 1.21 bits per heavy atom. The molecule has 2 unspecified atom stereocenters. The molecule has 0 spiro atoms. The molecule has 1 aliphatic heterocycles. The number of fused-ring (bicyclic) bond motifs is 1. The van der Waals surface area contributed by atoms with Crippen LogP contribution in [0.1, 0.15) is 13.8 Å². The predicted octanol–water partition coefficient (Wildman–Crippen LogP) is 2.28. The third kappa shape index (κ3) is 1.48. The van der Waals surface area contributed by atoms with Gasteiger partial charge in [-0.2, -0.15) is 0 Å². The van der Waals surface area contributed by atoms with Gasteiger partial charge >= 0.3 is 0 Å². The molecule has 2 nitrogen and oxygen atoms in total. The molecule has 1 N–H and O–H groups in total. The van der Waals surface area contributed by atoms with E-state index in [0.717, 1.165) is 11.5 Å². The van der Waals surface area contributed by atoms with E-state index in [1.165, 1.54) is 0 Å². The van der Waals surface area contributed by atoms with Crippen molar-refractivity contribution >= 4 is 0 Å². The Balaban J connectivity index is 2.23. The van der Waals surface area contributed by atoms with E-state index in [-0.39, 0.29) is 12.1 Å². The van der Waals surface area contributed by atoms with Crippen LogP contribution >= 0.6 is 0 Å². The Morgan fingerprint density at radius 2 is 2.00 bits per heavy atom. The molecule has 1 fully saturated rings. The molecule has 0 bridgehead atoms. The Bertz CT molecular complexity index is 302. The summed E-state index contributed by atoms with van der Waals surface area (Å²) >= 11 is 0. The molecule has 0 amide bonds. The summed E-state index contributed by atoms with van der Waals surface area (Å²) in [5.41, 5.74) is 1.08. The van der Waals surface area contributed by atoms with Crippen LogP contribution in [0.15, 0.2) is 47.9 Å². The maximum absolute atomic E-state index is 5.84. The van der Waals surface area contributed by atoms with Crippen molar-refractivity contribution in [2.45, 2.75) is 26.0 Å². The minimum Gasteiger partial charge on any atom is -0.482 e. The van der Waals surface area contributed by atoms with Crippen LogP contribution in [0.5, 0.6) is 0 Å². The molecule has 0 radical (unpaired) electrons. The molecule has 2 heteroatoms. The van der Waals surface area contributed by atoms with Crippen molar-refractivity contribution in [1.82, 2.24) is 5.32 Å². The van der Waals surface area contributed by atoms with Crippen molar-refractivity contribution in [3.63, 3.8) is 0 Å². The zero-order valence-corrected chi connectivity index (χ0v) is 8.53. The lowest BCUT2D eigenvalue weighted by atomic mass is 10.0. The second kappa shape index (κ2) is 3.74. The topological polar surface area (TPSA) is 21.3 Å². The van der Waals surface area contributed by atoms with Crippen LogP contribution in [0.2, 0.25) is 0 Å². The summed E-state index contributed by atoms with van der Waals surface area (Å²) in [7, 11) is 0. The number of allylic oxidation sites excluding steroid dienone is 4. The first-order chi connectivity index (χ1) is 6.85. The summed E-state index contributed by atoms with van der Waals surface area (Å²) < 4.78 is 5.84. The fourth-order valence-corrected chi connectivity index (χ4v) is 1.74. The summed E-state index contributed by atoms with van der Waals surface area (Å²) in [5.74, 6) is 0.939. The van der Waals surface area contributed by atoms with Gasteiger partial charge in [-0.3, -0.25) is 0 Å². The van der Waals surface area contributed by atoms with Gasteiger partial charge in [0.15, 0.2) is 0 Å². The standard InChI is InChI=1S/C12H15NO/c1-3-9-11(4-2)14-12-8-6-5-7-10(12)13-9/h3-8,10,12-13H,1-2H3/b9-3+,11-4+. The SMILES string of the molecule is C/C=C1/NC2C=CC=CC2O/C1=C/C. The van der Waals surface area contributed by atoms with Crippen LogP contribution in [-0.2, 0) is 4.74 Å². The number of nitrogens with one attached hydrogen (secondary N) is 1. The van der Waals surface area contributed by atoms with Gasteiger partial charge in [-0.05, 0) is 26.0 Å². The Hall–Kier alpha value is -1.44. The lowest BCUT2D eigenvalue weighted by Gasteiger charge is -2.34. The van der Waals surface area contributed by atoms with Crippen molar-refractivity contribution in [3.05, 3.63) is 47.9 Å². The first-order valence-electron chi connectivity index (χ1n) is 4.96. The molecular weight excluding hydrogens is 174 g/mol. The average Bonchev–Trinajstić information content (AvgIpc) is 2.27. The number of hydrogen-bond acceptors (Lipinski definition) is 2. The maximum atomic E-state index is 5.84. The van der Waals surface area contributed by atoms with E-state index in [9.17, 15) is 0 Å². The van der Waals surface area contributed by atoms with Crippen LogP contribution in [0.3, 0.4) is 0 Å². The van der Waals surface area contributed by atoms with Gasteiger partial charge in [-0.15, -0.1) is 0 Å².